The zero-order chi connectivity index (χ0) is 11.6. The summed E-state index contributed by atoms with van der Waals surface area (Å²) in [7, 11) is 1.74. The van der Waals surface area contributed by atoms with Crippen LogP contribution in [0.5, 0.6) is 0 Å². The quantitative estimate of drug-likeness (QED) is 0.770. The zero-order valence-electron chi connectivity index (χ0n) is 9.22. The lowest BCUT2D eigenvalue weighted by Gasteiger charge is -2.24. The van der Waals surface area contributed by atoms with Crippen LogP contribution in [-0.2, 0) is 0 Å². The van der Waals surface area contributed by atoms with Gasteiger partial charge in [0.25, 0.3) is 0 Å². The third-order valence-corrected chi connectivity index (χ3v) is 3.10. The fourth-order valence-electron chi connectivity index (χ4n) is 1.82. The molecule has 0 aromatic carbocycles. The molecule has 5 heteroatoms. The first-order chi connectivity index (χ1) is 6.84. The number of hydrogen-bond acceptors (Lipinski definition) is 2. The maximum Gasteiger partial charge on any atom is 0.394 e. The van der Waals surface area contributed by atoms with E-state index in [0.29, 0.717) is 11.8 Å². The topological polar surface area (TPSA) is 29.3 Å². The highest BCUT2D eigenvalue weighted by atomic mass is 19.4. The van der Waals surface area contributed by atoms with E-state index in [4.69, 9.17) is 5.73 Å². The first-order valence-electron chi connectivity index (χ1n) is 5.30. The van der Waals surface area contributed by atoms with E-state index in [-0.39, 0.29) is 13.1 Å². The Labute approximate surface area is 88.6 Å². The molecule has 0 radical (unpaired) electrons. The van der Waals surface area contributed by atoms with Gasteiger partial charge in [-0.15, -0.1) is 0 Å². The predicted molar refractivity (Wildman–Crippen MR) is 53.4 cm³/mol. The van der Waals surface area contributed by atoms with E-state index in [9.17, 15) is 13.2 Å². The van der Waals surface area contributed by atoms with Crippen LogP contribution in [0.15, 0.2) is 0 Å². The second-order valence-corrected chi connectivity index (χ2v) is 4.67. The van der Waals surface area contributed by atoms with Crippen molar-refractivity contribution in [2.75, 3.05) is 26.7 Å². The van der Waals surface area contributed by atoms with Crippen LogP contribution < -0.4 is 5.73 Å². The highest BCUT2D eigenvalue weighted by Gasteiger charge is 2.40. The molecule has 1 fully saturated rings. The lowest BCUT2D eigenvalue weighted by atomic mass is 10.1. The van der Waals surface area contributed by atoms with Crippen molar-refractivity contribution >= 4 is 0 Å². The summed E-state index contributed by atoms with van der Waals surface area (Å²) in [6.07, 6.45) is -3.03. The van der Waals surface area contributed by atoms with Crippen molar-refractivity contribution in [3.8, 4) is 0 Å². The SMILES string of the molecule is CC1CC1CN(C)CC(CN)C(F)(F)F. The van der Waals surface area contributed by atoms with Gasteiger partial charge in [0, 0.05) is 19.6 Å². The van der Waals surface area contributed by atoms with Crippen molar-refractivity contribution in [3.05, 3.63) is 0 Å². The number of rotatable bonds is 5. The van der Waals surface area contributed by atoms with Crippen molar-refractivity contribution in [1.29, 1.82) is 0 Å². The van der Waals surface area contributed by atoms with Crippen molar-refractivity contribution in [3.63, 3.8) is 0 Å². The van der Waals surface area contributed by atoms with Crippen LogP contribution >= 0.6 is 0 Å². The second-order valence-electron chi connectivity index (χ2n) is 4.67. The summed E-state index contributed by atoms with van der Waals surface area (Å²) in [6, 6.07) is 0. The summed E-state index contributed by atoms with van der Waals surface area (Å²) < 4.78 is 37.2. The van der Waals surface area contributed by atoms with Crippen LogP contribution in [0.1, 0.15) is 13.3 Å². The number of nitrogens with zero attached hydrogens (tertiary/aromatic N) is 1. The molecule has 2 nitrogen and oxygen atoms in total. The standard InChI is InChI=1S/C10H19F3N2/c1-7-3-8(7)5-15(2)6-9(4-14)10(11,12)13/h7-9H,3-6,14H2,1-2H3. The minimum Gasteiger partial charge on any atom is -0.330 e. The maximum atomic E-state index is 12.4. The maximum absolute atomic E-state index is 12.4. The molecule has 0 spiro atoms. The number of nitrogens with two attached hydrogens (primary N) is 1. The van der Waals surface area contributed by atoms with Crippen LogP contribution in [0.25, 0.3) is 0 Å². The average Bonchev–Trinajstić information content (AvgIpc) is 2.75. The summed E-state index contributed by atoms with van der Waals surface area (Å²) in [4.78, 5) is 1.75. The highest BCUT2D eigenvalue weighted by Crippen LogP contribution is 2.38. The van der Waals surface area contributed by atoms with Gasteiger partial charge in [-0.3, -0.25) is 0 Å². The van der Waals surface area contributed by atoms with Gasteiger partial charge in [0.15, 0.2) is 0 Å². The molecule has 0 heterocycles. The number of alkyl halides is 3. The van der Waals surface area contributed by atoms with Gasteiger partial charge in [-0.25, -0.2) is 0 Å². The monoisotopic (exact) mass is 224 g/mol. The third kappa shape index (κ3) is 3.99. The van der Waals surface area contributed by atoms with E-state index in [1.54, 1.807) is 11.9 Å². The molecule has 3 unspecified atom stereocenters. The van der Waals surface area contributed by atoms with Gasteiger partial charge in [-0.2, -0.15) is 13.2 Å². The van der Waals surface area contributed by atoms with Crippen LogP contribution in [0.4, 0.5) is 13.2 Å². The van der Waals surface area contributed by atoms with Crippen molar-refractivity contribution in [2.24, 2.45) is 23.5 Å². The van der Waals surface area contributed by atoms with Gasteiger partial charge in [0.05, 0.1) is 5.92 Å². The Morgan fingerprint density at radius 2 is 2.00 bits per heavy atom. The van der Waals surface area contributed by atoms with E-state index in [0.717, 1.165) is 13.0 Å². The molecule has 0 amide bonds. The Kier molecular flexibility index (Phi) is 4.00. The van der Waals surface area contributed by atoms with Crippen LogP contribution in [0, 0.1) is 17.8 Å². The van der Waals surface area contributed by atoms with E-state index in [2.05, 4.69) is 6.92 Å². The zero-order valence-corrected chi connectivity index (χ0v) is 9.22. The molecule has 1 saturated carbocycles. The molecular weight excluding hydrogens is 205 g/mol. The number of halogens is 3. The van der Waals surface area contributed by atoms with Crippen molar-refractivity contribution in [2.45, 2.75) is 19.5 Å². The molecule has 0 aromatic heterocycles. The molecule has 0 saturated heterocycles. The summed E-state index contributed by atoms with van der Waals surface area (Å²) in [5, 5.41) is 0. The molecule has 1 aliphatic rings. The van der Waals surface area contributed by atoms with Crippen molar-refractivity contribution < 1.29 is 13.2 Å². The highest BCUT2D eigenvalue weighted by molar-refractivity contribution is 4.85. The minimum absolute atomic E-state index is 0.0171. The van der Waals surface area contributed by atoms with Gasteiger partial charge in [-0.05, 0) is 25.3 Å². The molecule has 1 rings (SSSR count). The van der Waals surface area contributed by atoms with Gasteiger partial charge >= 0.3 is 6.18 Å². The Morgan fingerprint density at radius 1 is 1.47 bits per heavy atom. The van der Waals surface area contributed by atoms with E-state index in [1.807, 2.05) is 0 Å². The van der Waals surface area contributed by atoms with Crippen LogP contribution in [0.2, 0.25) is 0 Å². The molecule has 3 atom stereocenters. The van der Waals surface area contributed by atoms with Gasteiger partial charge < -0.3 is 10.6 Å². The van der Waals surface area contributed by atoms with E-state index < -0.39 is 12.1 Å². The molecule has 2 N–H and O–H groups in total. The second kappa shape index (κ2) is 4.70. The van der Waals surface area contributed by atoms with Gasteiger partial charge in [0.1, 0.15) is 0 Å². The summed E-state index contributed by atoms with van der Waals surface area (Å²) in [5.74, 6) is -0.132. The molecular formula is C10H19F3N2. The molecule has 1 aliphatic carbocycles. The fourth-order valence-corrected chi connectivity index (χ4v) is 1.82. The van der Waals surface area contributed by atoms with Crippen LogP contribution in [0.3, 0.4) is 0 Å². The Hall–Kier alpha value is -0.290. The third-order valence-electron chi connectivity index (χ3n) is 3.10. The van der Waals surface area contributed by atoms with E-state index >= 15 is 0 Å². The fraction of sp³-hybridized carbons (Fsp3) is 1.00. The average molecular weight is 224 g/mol. The Morgan fingerprint density at radius 3 is 2.33 bits per heavy atom. The molecule has 0 aliphatic heterocycles. The Bertz CT molecular complexity index is 205. The van der Waals surface area contributed by atoms with Gasteiger partial charge in [0.2, 0.25) is 0 Å². The first-order valence-corrected chi connectivity index (χ1v) is 5.30. The largest absolute Gasteiger partial charge is 0.394 e. The van der Waals surface area contributed by atoms with E-state index in [1.165, 1.54) is 0 Å². The van der Waals surface area contributed by atoms with Crippen molar-refractivity contribution in [1.82, 2.24) is 4.90 Å². The van der Waals surface area contributed by atoms with Gasteiger partial charge in [-0.1, -0.05) is 6.92 Å². The summed E-state index contributed by atoms with van der Waals surface area (Å²) in [6.45, 7) is 2.58. The molecule has 15 heavy (non-hydrogen) atoms. The Balaban J connectivity index is 2.31. The summed E-state index contributed by atoms with van der Waals surface area (Å²) in [5.41, 5.74) is 5.13. The molecule has 0 aromatic rings. The normalized spacial score (nSPS) is 28.2. The summed E-state index contributed by atoms with van der Waals surface area (Å²) >= 11 is 0. The first kappa shape index (κ1) is 12.8. The van der Waals surface area contributed by atoms with Crippen LogP contribution in [-0.4, -0.2) is 37.8 Å². The number of hydrogen-bond donors (Lipinski definition) is 1. The molecule has 0 bridgehead atoms. The lowest BCUT2D eigenvalue weighted by molar-refractivity contribution is -0.175. The predicted octanol–water partition coefficient (Wildman–Crippen LogP) is 1.71. The smallest absolute Gasteiger partial charge is 0.330 e. The lowest BCUT2D eigenvalue weighted by Crippen LogP contribution is -2.40. The molecule has 90 valence electrons. The minimum atomic E-state index is -4.17.